The van der Waals surface area contributed by atoms with E-state index in [-0.39, 0.29) is 0 Å². The van der Waals surface area contributed by atoms with Crippen molar-refractivity contribution < 1.29 is 0 Å². The fraction of sp³-hybridized carbons (Fsp3) is 0.169. The summed E-state index contributed by atoms with van der Waals surface area (Å²) in [6, 6.07) is 84.6. The molecule has 0 heterocycles. The van der Waals surface area contributed by atoms with Gasteiger partial charge in [-0.25, -0.2) is 0 Å². The fourth-order valence-corrected chi connectivity index (χ4v) is 12.5. The van der Waals surface area contributed by atoms with Crippen LogP contribution in [0.1, 0.15) is 84.7 Å². The monoisotopic (exact) mass is 849 g/mol. The summed E-state index contributed by atoms with van der Waals surface area (Å²) in [6.07, 6.45) is 4.80. The predicted molar refractivity (Wildman–Crippen MR) is 277 cm³/mol. The molecule has 4 aliphatic carbocycles. The van der Waals surface area contributed by atoms with Crippen LogP contribution in [0.15, 0.2) is 224 Å². The number of nitrogens with zero attached hydrogens (tertiary/aromatic N) is 1. The van der Waals surface area contributed by atoms with E-state index in [1.165, 1.54) is 109 Å². The van der Waals surface area contributed by atoms with Gasteiger partial charge in [0.05, 0.1) is 5.41 Å². The maximum Gasteiger partial charge on any atom is 0.0719 e. The summed E-state index contributed by atoms with van der Waals surface area (Å²) in [5, 5.41) is 0. The van der Waals surface area contributed by atoms with Crippen LogP contribution in [0.2, 0.25) is 0 Å². The van der Waals surface area contributed by atoms with Crippen molar-refractivity contribution in [1.29, 1.82) is 0 Å². The van der Waals surface area contributed by atoms with E-state index in [4.69, 9.17) is 0 Å². The van der Waals surface area contributed by atoms with Gasteiger partial charge in [0.15, 0.2) is 0 Å². The van der Waals surface area contributed by atoms with Gasteiger partial charge in [-0.2, -0.15) is 0 Å². The summed E-state index contributed by atoms with van der Waals surface area (Å²) < 4.78 is 0. The van der Waals surface area contributed by atoms with Crippen molar-refractivity contribution in [3.63, 3.8) is 0 Å². The molecule has 9 aromatic carbocycles. The Labute approximate surface area is 391 Å². The Balaban J connectivity index is 1.06. The Morgan fingerprint density at radius 2 is 0.667 bits per heavy atom. The Hall–Kier alpha value is -7.22. The second kappa shape index (κ2) is 16.6. The van der Waals surface area contributed by atoms with Crippen LogP contribution in [0, 0.1) is 11.8 Å². The second-order valence-corrected chi connectivity index (χ2v) is 19.5. The SMILES string of the molecule is C[C@@H]1CC2C[C@H](C)CC(C1)c1cc(N(c3ccc(-c4ccccc4)cc3)c3ccc(-c4ccc(-c5ccccc5)cc4)cc3)ccc1C1(c3ccccc3-c3ccccc31)c1ccccc12. The number of hydrogen-bond donors (Lipinski definition) is 0. The van der Waals surface area contributed by atoms with E-state index in [2.05, 4.69) is 243 Å². The summed E-state index contributed by atoms with van der Waals surface area (Å²) in [6.45, 7) is 5.05. The van der Waals surface area contributed by atoms with Crippen LogP contribution in [0.5, 0.6) is 0 Å². The molecular formula is C65H55N. The minimum Gasteiger partial charge on any atom is -0.310 e. The van der Waals surface area contributed by atoms with Gasteiger partial charge in [0.2, 0.25) is 0 Å². The maximum absolute atomic E-state index is 2.62. The number of rotatable bonds is 6. The molecule has 0 saturated heterocycles. The van der Waals surface area contributed by atoms with E-state index in [0.29, 0.717) is 23.7 Å². The highest BCUT2D eigenvalue weighted by Crippen LogP contribution is 2.61. The molecule has 0 aromatic heterocycles. The maximum atomic E-state index is 2.62. The van der Waals surface area contributed by atoms with Crippen LogP contribution in [0.3, 0.4) is 0 Å². The molecule has 0 N–H and O–H groups in total. The largest absolute Gasteiger partial charge is 0.310 e. The molecule has 1 heteroatoms. The molecule has 0 aliphatic heterocycles. The fourth-order valence-electron chi connectivity index (χ4n) is 12.5. The molecule has 1 spiro atoms. The molecule has 4 atom stereocenters. The summed E-state index contributed by atoms with van der Waals surface area (Å²) in [5.74, 6) is 2.13. The van der Waals surface area contributed by atoms with Gasteiger partial charge in [-0.3, -0.25) is 0 Å². The van der Waals surface area contributed by atoms with Crippen molar-refractivity contribution in [1.82, 2.24) is 0 Å². The highest BCUT2D eigenvalue weighted by Gasteiger charge is 2.50. The molecule has 2 unspecified atom stereocenters. The summed E-state index contributed by atoms with van der Waals surface area (Å²) in [4.78, 5) is 2.50. The number of benzene rings is 9. The molecule has 0 radical (unpaired) electrons. The molecule has 2 bridgehead atoms. The molecule has 4 aliphatic rings. The lowest BCUT2D eigenvalue weighted by atomic mass is 9.59. The van der Waals surface area contributed by atoms with Gasteiger partial charge in [-0.05, 0) is 164 Å². The van der Waals surface area contributed by atoms with E-state index in [1.807, 2.05) is 0 Å². The topological polar surface area (TPSA) is 3.24 Å². The van der Waals surface area contributed by atoms with Crippen molar-refractivity contribution in [3.05, 3.63) is 258 Å². The van der Waals surface area contributed by atoms with Gasteiger partial charge in [-0.1, -0.05) is 202 Å². The summed E-state index contributed by atoms with van der Waals surface area (Å²) >= 11 is 0. The van der Waals surface area contributed by atoms with Gasteiger partial charge in [0, 0.05) is 17.1 Å². The van der Waals surface area contributed by atoms with Crippen LogP contribution < -0.4 is 4.90 Å². The lowest BCUT2D eigenvalue weighted by Crippen LogP contribution is -2.34. The highest BCUT2D eigenvalue weighted by molar-refractivity contribution is 5.88. The van der Waals surface area contributed by atoms with Crippen LogP contribution in [-0.4, -0.2) is 0 Å². The van der Waals surface area contributed by atoms with Gasteiger partial charge in [0.1, 0.15) is 0 Å². The van der Waals surface area contributed by atoms with E-state index >= 15 is 0 Å². The minimum atomic E-state index is -0.449. The zero-order valence-electron chi connectivity index (χ0n) is 37.9. The Morgan fingerprint density at radius 3 is 1.15 bits per heavy atom. The highest BCUT2D eigenvalue weighted by atomic mass is 15.1. The molecule has 320 valence electrons. The molecule has 13 rings (SSSR count). The van der Waals surface area contributed by atoms with Crippen molar-refractivity contribution in [2.24, 2.45) is 11.8 Å². The Morgan fingerprint density at radius 1 is 0.318 bits per heavy atom. The van der Waals surface area contributed by atoms with Gasteiger partial charge >= 0.3 is 0 Å². The molecule has 66 heavy (non-hydrogen) atoms. The van der Waals surface area contributed by atoms with Crippen LogP contribution in [-0.2, 0) is 5.41 Å². The minimum absolute atomic E-state index is 0.413. The zero-order chi connectivity index (χ0) is 44.2. The van der Waals surface area contributed by atoms with E-state index in [1.54, 1.807) is 0 Å². The lowest BCUT2D eigenvalue weighted by molar-refractivity contribution is 0.284. The summed E-state index contributed by atoms with van der Waals surface area (Å²) in [5.41, 5.74) is 21.8. The number of fused-ring (bicyclic) bond motifs is 7. The second-order valence-electron chi connectivity index (χ2n) is 19.5. The first kappa shape index (κ1) is 40.3. The van der Waals surface area contributed by atoms with Gasteiger partial charge in [0.25, 0.3) is 0 Å². The van der Waals surface area contributed by atoms with Crippen molar-refractivity contribution in [2.45, 2.75) is 56.8 Å². The average molecular weight is 850 g/mol. The standard InChI is InChI=1S/C65H55N/c1-44-39-52-40-45(2)42-53(41-44)60-43-56(37-38-64(60)65(61-22-12-9-19-57(52)61)62-23-13-10-20-58(62)59-21-11-14-24-63(59)65)66(54-33-29-50(30-34-54)47-17-7-4-8-18-47)55-35-31-51(32-36-55)49-27-25-48(26-28-49)46-15-5-3-6-16-46/h3-38,43-45,52-53H,39-42H2,1-2H3/t44-,45+,52?,53?. The zero-order valence-corrected chi connectivity index (χ0v) is 37.9. The molecule has 0 amide bonds. The first-order valence-corrected chi connectivity index (χ1v) is 24.2. The molecule has 1 fully saturated rings. The van der Waals surface area contributed by atoms with Crippen LogP contribution >= 0.6 is 0 Å². The molecule has 1 nitrogen and oxygen atoms in total. The first-order chi connectivity index (χ1) is 32.5. The molecule has 1 saturated carbocycles. The molecule has 9 aromatic rings. The smallest absolute Gasteiger partial charge is 0.0719 e. The average Bonchev–Trinajstić information content (AvgIpc) is 3.67. The lowest BCUT2D eigenvalue weighted by Gasteiger charge is -2.43. The summed E-state index contributed by atoms with van der Waals surface area (Å²) in [7, 11) is 0. The van der Waals surface area contributed by atoms with Gasteiger partial charge in [-0.15, -0.1) is 0 Å². The van der Waals surface area contributed by atoms with Crippen molar-refractivity contribution in [2.75, 3.05) is 4.90 Å². The normalized spacial score (nSPS) is 18.9. The Kier molecular flexibility index (Phi) is 10.2. The van der Waals surface area contributed by atoms with Crippen molar-refractivity contribution in [3.8, 4) is 44.5 Å². The van der Waals surface area contributed by atoms with Crippen LogP contribution in [0.4, 0.5) is 17.1 Å². The van der Waals surface area contributed by atoms with Crippen molar-refractivity contribution >= 4 is 17.1 Å². The predicted octanol–water partition coefficient (Wildman–Crippen LogP) is 17.5. The van der Waals surface area contributed by atoms with E-state index in [0.717, 1.165) is 11.4 Å². The Bertz CT molecular complexity index is 3100. The van der Waals surface area contributed by atoms with E-state index < -0.39 is 5.41 Å². The third-order valence-corrected chi connectivity index (χ3v) is 15.3. The number of anilines is 3. The first-order valence-electron chi connectivity index (χ1n) is 24.2. The third kappa shape index (κ3) is 6.83. The quantitative estimate of drug-likeness (QED) is 0.161. The molecular weight excluding hydrogens is 795 g/mol. The van der Waals surface area contributed by atoms with Gasteiger partial charge < -0.3 is 4.90 Å². The van der Waals surface area contributed by atoms with E-state index in [9.17, 15) is 0 Å². The van der Waals surface area contributed by atoms with Crippen LogP contribution in [0.25, 0.3) is 44.5 Å². The number of hydrogen-bond acceptors (Lipinski definition) is 1. The third-order valence-electron chi connectivity index (χ3n) is 15.3.